The molecule has 7 heteroatoms. The zero-order valence-electron chi connectivity index (χ0n) is 17.8. The van der Waals surface area contributed by atoms with E-state index in [0.29, 0.717) is 30.8 Å². The number of aryl methyl sites for hydroxylation is 2. The first kappa shape index (κ1) is 21.2. The van der Waals surface area contributed by atoms with Crippen LogP contribution in [-0.2, 0) is 27.7 Å². The fraction of sp³-hybridized carbons (Fsp3) is 0.542. The van der Waals surface area contributed by atoms with Crippen LogP contribution in [0, 0.1) is 5.92 Å². The maximum atomic E-state index is 13.3. The monoisotopic (exact) mass is 458 g/mol. The molecule has 1 atom stereocenters. The van der Waals surface area contributed by atoms with Gasteiger partial charge < -0.3 is 4.90 Å². The third-order valence-electron chi connectivity index (χ3n) is 7.17. The summed E-state index contributed by atoms with van der Waals surface area (Å²) in [6.07, 6.45) is 7.62. The number of hydrogen-bond acceptors (Lipinski definition) is 4. The second kappa shape index (κ2) is 8.68. The third-order valence-corrected chi connectivity index (χ3v) is 10.0. The van der Waals surface area contributed by atoms with Crippen LogP contribution < -0.4 is 0 Å². The minimum atomic E-state index is -3.50. The molecule has 1 aliphatic carbocycles. The van der Waals surface area contributed by atoms with Gasteiger partial charge in [0.05, 0.1) is 10.9 Å². The number of piperidine rings is 1. The number of sulfonamides is 1. The number of thiophene rings is 1. The van der Waals surface area contributed by atoms with Gasteiger partial charge in [-0.2, -0.15) is 4.31 Å². The summed E-state index contributed by atoms with van der Waals surface area (Å²) in [6, 6.07) is 10.0. The van der Waals surface area contributed by atoms with E-state index in [-0.39, 0.29) is 17.9 Å². The van der Waals surface area contributed by atoms with Crippen molar-refractivity contribution in [3.05, 3.63) is 51.7 Å². The maximum Gasteiger partial charge on any atom is 0.243 e. The molecule has 0 spiro atoms. The first-order valence-corrected chi connectivity index (χ1v) is 13.8. The van der Waals surface area contributed by atoms with Crippen LogP contribution in [0.4, 0.5) is 0 Å². The molecule has 0 saturated carbocycles. The largest absolute Gasteiger partial charge is 0.335 e. The molecule has 2 aliphatic heterocycles. The molecule has 0 N–H and O–H groups in total. The summed E-state index contributed by atoms with van der Waals surface area (Å²) < 4.78 is 28.1. The van der Waals surface area contributed by atoms with Crippen LogP contribution in [-0.4, -0.2) is 43.2 Å². The number of hydrogen-bond donors (Lipinski definition) is 0. The van der Waals surface area contributed by atoms with Crippen LogP contribution in [0.2, 0.25) is 0 Å². The molecule has 166 valence electrons. The lowest BCUT2D eigenvalue weighted by Gasteiger charge is -2.34. The van der Waals surface area contributed by atoms with Crippen LogP contribution in [0.1, 0.15) is 60.6 Å². The van der Waals surface area contributed by atoms with Gasteiger partial charge in [0.1, 0.15) is 0 Å². The molecule has 1 aromatic carbocycles. The number of benzene rings is 1. The molecule has 5 rings (SSSR count). The number of carbonyl (C=O) groups excluding carboxylic acids is 1. The molecule has 2 fully saturated rings. The molecule has 31 heavy (non-hydrogen) atoms. The van der Waals surface area contributed by atoms with E-state index in [0.717, 1.165) is 38.6 Å². The SMILES string of the molecule is O=C(C1CCN(S(=O)(=O)c2ccc3c(c2)CCCC3)CC1)N1CCCC1c1cccs1. The van der Waals surface area contributed by atoms with E-state index in [1.807, 2.05) is 23.1 Å². The molecular weight excluding hydrogens is 428 g/mol. The fourth-order valence-electron chi connectivity index (χ4n) is 5.40. The van der Waals surface area contributed by atoms with Gasteiger partial charge >= 0.3 is 0 Å². The highest BCUT2D eigenvalue weighted by Gasteiger charge is 2.38. The zero-order valence-corrected chi connectivity index (χ0v) is 19.5. The average Bonchev–Trinajstić information content (AvgIpc) is 3.50. The Bertz CT molecular complexity index is 1040. The lowest BCUT2D eigenvalue weighted by molar-refractivity contribution is -0.137. The molecule has 5 nitrogen and oxygen atoms in total. The zero-order chi connectivity index (χ0) is 21.4. The highest BCUT2D eigenvalue weighted by atomic mass is 32.2. The van der Waals surface area contributed by atoms with Crippen molar-refractivity contribution in [1.82, 2.24) is 9.21 Å². The van der Waals surface area contributed by atoms with Gasteiger partial charge in [0.15, 0.2) is 0 Å². The molecule has 1 amide bonds. The fourth-order valence-corrected chi connectivity index (χ4v) is 7.80. The van der Waals surface area contributed by atoms with Gasteiger partial charge in [-0.05, 0) is 86.1 Å². The van der Waals surface area contributed by atoms with Crippen molar-refractivity contribution in [3.63, 3.8) is 0 Å². The smallest absolute Gasteiger partial charge is 0.243 e. The number of likely N-dealkylation sites (tertiary alicyclic amines) is 1. The second-order valence-electron chi connectivity index (χ2n) is 9.02. The molecule has 2 aromatic rings. The summed E-state index contributed by atoms with van der Waals surface area (Å²) in [7, 11) is -3.50. The predicted molar refractivity (Wildman–Crippen MR) is 123 cm³/mol. The Balaban J connectivity index is 1.25. The Hall–Kier alpha value is -1.70. The number of nitrogens with zero attached hydrogens (tertiary/aromatic N) is 2. The highest BCUT2D eigenvalue weighted by Crippen LogP contribution is 2.37. The van der Waals surface area contributed by atoms with Gasteiger partial charge in [-0.25, -0.2) is 8.42 Å². The molecule has 1 aromatic heterocycles. The van der Waals surface area contributed by atoms with Crippen LogP contribution >= 0.6 is 11.3 Å². The third kappa shape index (κ3) is 4.08. The van der Waals surface area contributed by atoms with Gasteiger partial charge in [0, 0.05) is 30.4 Å². The van der Waals surface area contributed by atoms with Crippen molar-refractivity contribution in [1.29, 1.82) is 0 Å². The molecule has 0 bridgehead atoms. The standard InChI is InChI=1S/C24H30N2O3S2/c27-24(26-13-3-7-22(26)23-8-4-16-30-23)19-11-14-25(15-12-19)31(28,29)21-10-9-18-5-1-2-6-20(18)17-21/h4,8-10,16-17,19,22H,1-3,5-7,11-15H2. The second-order valence-corrected chi connectivity index (χ2v) is 11.9. The molecule has 3 heterocycles. The Labute approximate surface area is 189 Å². The molecule has 0 radical (unpaired) electrons. The Morgan fingerprint density at radius 3 is 2.45 bits per heavy atom. The van der Waals surface area contributed by atoms with Crippen molar-refractivity contribution < 1.29 is 13.2 Å². The van der Waals surface area contributed by atoms with Crippen molar-refractivity contribution in [3.8, 4) is 0 Å². The molecular formula is C24H30N2O3S2. The van der Waals surface area contributed by atoms with Crippen molar-refractivity contribution in [2.75, 3.05) is 19.6 Å². The summed E-state index contributed by atoms with van der Waals surface area (Å²) in [6.45, 7) is 1.66. The first-order chi connectivity index (χ1) is 15.0. The topological polar surface area (TPSA) is 57.7 Å². The Morgan fingerprint density at radius 2 is 1.71 bits per heavy atom. The number of carbonyl (C=O) groups is 1. The summed E-state index contributed by atoms with van der Waals surface area (Å²) in [5.74, 6) is 0.136. The van der Waals surface area contributed by atoms with Crippen LogP contribution in [0.25, 0.3) is 0 Å². The van der Waals surface area contributed by atoms with E-state index in [4.69, 9.17) is 0 Å². The summed E-state index contributed by atoms with van der Waals surface area (Å²) in [4.78, 5) is 17.0. The van der Waals surface area contributed by atoms with Gasteiger partial charge in [-0.15, -0.1) is 11.3 Å². The van der Waals surface area contributed by atoms with E-state index in [2.05, 4.69) is 11.4 Å². The van der Waals surface area contributed by atoms with Crippen molar-refractivity contribution in [2.24, 2.45) is 5.92 Å². The quantitative estimate of drug-likeness (QED) is 0.683. The maximum absolute atomic E-state index is 13.3. The van der Waals surface area contributed by atoms with E-state index < -0.39 is 10.0 Å². The summed E-state index contributed by atoms with van der Waals surface area (Å²) >= 11 is 1.72. The Kier molecular flexibility index (Phi) is 5.92. The predicted octanol–water partition coefficient (Wildman–Crippen LogP) is 4.39. The molecule has 1 unspecified atom stereocenters. The normalized spacial score (nSPS) is 23.1. The van der Waals surface area contributed by atoms with Gasteiger partial charge in [-0.1, -0.05) is 12.1 Å². The lowest BCUT2D eigenvalue weighted by atomic mass is 9.92. The summed E-state index contributed by atoms with van der Waals surface area (Å²) in [5, 5.41) is 2.07. The van der Waals surface area contributed by atoms with E-state index >= 15 is 0 Å². The number of fused-ring (bicyclic) bond motifs is 1. The lowest BCUT2D eigenvalue weighted by Crippen LogP contribution is -2.44. The van der Waals surface area contributed by atoms with Crippen LogP contribution in [0.3, 0.4) is 0 Å². The molecule has 3 aliphatic rings. The van der Waals surface area contributed by atoms with Gasteiger partial charge in [0.2, 0.25) is 15.9 Å². The van der Waals surface area contributed by atoms with Crippen LogP contribution in [0.15, 0.2) is 40.6 Å². The minimum Gasteiger partial charge on any atom is -0.335 e. The number of rotatable bonds is 4. The number of amides is 1. The molecule has 2 saturated heterocycles. The van der Waals surface area contributed by atoms with Crippen molar-refractivity contribution >= 4 is 27.3 Å². The summed E-state index contributed by atoms with van der Waals surface area (Å²) in [5.41, 5.74) is 2.48. The Morgan fingerprint density at radius 1 is 0.935 bits per heavy atom. The van der Waals surface area contributed by atoms with E-state index in [1.54, 1.807) is 21.7 Å². The van der Waals surface area contributed by atoms with Gasteiger partial charge in [0.25, 0.3) is 0 Å². The first-order valence-electron chi connectivity index (χ1n) is 11.5. The van der Waals surface area contributed by atoms with E-state index in [1.165, 1.54) is 22.4 Å². The highest BCUT2D eigenvalue weighted by molar-refractivity contribution is 7.89. The minimum absolute atomic E-state index is 0.0736. The van der Waals surface area contributed by atoms with Crippen LogP contribution in [0.5, 0.6) is 0 Å². The average molecular weight is 459 g/mol. The van der Waals surface area contributed by atoms with Gasteiger partial charge in [-0.3, -0.25) is 4.79 Å². The van der Waals surface area contributed by atoms with E-state index in [9.17, 15) is 13.2 Å². The van der Waals surface area contributed by atoms with Crippen molar-refractivity contribution in [2.45, 2.75) is 62.3 Å².